The van der Waals surface area contributed by atoms with Crippen LogP contribution in [-0.4, -0.2) is 34.4 Å². The van der Waals surface area contributed by atoms with Gasteiger partial charge in [0, 0.05) is 17.9 Å². The quantitative estimate of drug-likeness (QED) is 0.860. The van der Waals surface area contributed by atoms with Gasteiger partial charge in [-0.25, -0.2) is 13.2 Å². The fraction of sp³-hybridized carbons (Fsp3) is 0.278. The smallest absolute Gasteiger partial charge is 0.323 e. The standard InChI is InChI=1S/C18H21N3O4S/c1-25-16-9-7-14(8-10-16)19-18(22)20-15-6-5-13-4-3-11-21(17(13)12-15)26(2,23)24/h5-10,12H,3-4,11H2,1-2H3,(H2,19,20,22). The molecule has 3 rings (SSSR count). The second-order valence-electron chi connectivity index (χ2n) is 6.09. The molecule has 2 N–H and O–H groups in total. The van der Waals surface area contributed by atoms with Gasteiger partial charge >= 0.3 is 6.03 Å². The van der Waals surface area contributed by atoms with Crippen molar-refractivity contribution in [2.45, 2.75) is 12.8 Å². The number of benzene rings is 2. The molecule has 138 valence electrons. The maximum absolute atomic E-state index is 12.2. The molecule has 1 aliphatic heterocycles. The van der Waals surface area contributed by atoms with Crippen LogP contribution in [0.3, 0.4) is 0 Å². The molecule has 0 fully saturated rings. The number of hydrogen-bond donors (Lipinski definition) is 2. The first-order chi connectivity index (χ1) is 12.4. The Morgan fingerprint density at radius 3 is 2.38 bits per heavy atom. The summed E-state index contributed by atoms with van der Waals surface area (Å²) in [7, 11) is -1.77. The second kappa shape index (κ2) is 7.25. The molecule has 7 nitrogen and oxygen atoms in total. The van der Waals surface area contributed by atoms with Crippen molar-refractivity contribution in [2.75, 3.05) is 34.8 Å². The SMILES string of the molecule is COc1ccc(NC(=O)Nc2ccc3c(c2)N(S(C)(=O)=O)CCC3)cc1. The average Bonchev–Trinajstić information content (AvgIpc) is 2.61. The number of amides is 2. The summed E-state index contributed by atoms with van der Waals surface area (Å²) in [5, 5.41) is 5.46. The third-order valence-electron chi connectivity index (χ3n) is 4.17. The van der Waals surface area contributed by atoms with E-state index in [0.29, 0.717) is 29.4 Å². The minimum Gasteiger partial charge on any atom is -0.497 e. The molecule has 0 bridgehead atoms. The Labute approximate surface area is 153 Å². The summed E-state index contributed by atoms with van der Waals surface area (Å²) in [6, 6.07) is 11.9. The highest BCUT2D eigenvalue weighted by Crippen LogP contribution is 2.31. The van der Waals surface area contributed by atoms with Crippen LogP contribution in [-0.2, 0) is 16.4 Å². The van der Waals surface area contributed by atoms with Gasteiger partial charge in [0.25, 0.3) is 0 Å². The lowest BCUT2D eigenvalue weighted by Gasteiger charge is -2.29. The van der Waals surface area contributed by atoms with E-state index in [1.165, 1.54) is 10.6 Å². The molecule has 2 aromatic rings. The first-order valence-corrected chi connectivity index (χ1v) is 10.0. The zero-order chi connectivity index (χ0) is 18.7. The summed E-state index contributed by atoms with van der Waals surface area (Å²) in [4.78, 5) is 12.2. The largest absolute Gasteiger partial charge is 0.497 e. The van der Waals surface area contributed by atoms with E-state index in [9.17, 15) is 13.2 Å². The average molecular weight is 375 g/mol. The highest BCUT2D eigenvalue weighted by Gasteiger charge is 2.24. The van der Waals surface area contributed by atoms with Gasteiger partial charge in [0.2, 0.25) is 10.0 Å². The normalized spacial score (nSPS) is 13.7. The third kappa shape index (κ3) is 4.08. The fourth-order valence-corrected chi connectivity index (χ4v) is 3.92. The van der Waals surface area contributed by atoms with E-state index in [4.69, 9.17) is 4.74 Å². The number of ether oxygens (including phenoxy) is 1. The van der Waals surface area contributed by atoms with Gasteiger partial charge < -0.3 is 15.4 Å². The number of nitrogens with one attached hydrogen (secondary N) is 2. The highest BCUT2D eigenvalue weighted by molar-refractivity contribution is 7.92. The molecule has 0 radical (unpaired) electrons. The summed E-state index contributed by atoms with van der Waals surface area (Å²) < 4.78 is 30.4. The van der Waals surface area contributed by atoms with E-state index in [0.717, 1.165) is 18.4 Å². The number of nitrogens with zero attached hydrogens (tertiary/aromatic N) is 1. The van der Waals surface area contributed by atoms with Crippen LogP contribution in [0.4, 0.5) is 21.9 Å². The van der Waals surface area contributed by atoms with E-state index < -0.39 is 16.1 Å². The Hall–Kier alpha value is -2.74. The fourth-order valence-electron chi connectivity index (χ4n) is 2.93. The van der Waals surface area contributed by atoms with Gasteiger partial charge in [-0.05, 0) is 54.8 Å². The van der Waals surface area contributed by atoms with Crippen molar-refractivity contribution >= 4 is 33.1 Å². The topological polar surface area (TPSA) is 87.7 Å². The maximum Gasteiger partial charge on any atom is 0.323 e. The van der Waals surface area contributed by atoms with Crippen molar-refractivity contribution in [3.8, 4) is 5.75 Å². The van der Waals surface area contributed by atoms with Crippen LogP contribution in [0, 0.1) is 0 Å². The first-order valence-electron chi connectivity index (χ1n) is 8.19. The number of carbonyl (C=O) groups is 1. The number of methoxy groups -OCH3 is 1. The molecule has 1 aliphatic rings. The number of aryl methyl sites for hydroxylation is 1. The number of rotatable bonds is 4. The van der Waals surface area contributed by atoms with E-state index in [1.54, 1.807) is 43.5 Å². The molecule has 0 saturated carbocycles. The second-order valence-corrected chi connectivity index (χ2v) is 8.00. The molecule has 0 unspecified atom stereocenters. The van der Waals surface area contributed by atoms with Gasteiger partial charge in [-0.15, -0.1) is 0 Å². The van der Waals surface area contributed by atoms with Crippen molar-refractivity contribution in [1.29, 1.82) is 0 Å². The molecule has 0 saturated heterocycles. The molecule has 8 heteroatoms. The predicted molar refractivity (Wildman–Crippen MR) is 103 cm³/mol. The van der Waals surface area contributed by atoms with Crippen molar-refractivity contribution in [1.82, 2.24) is 0 Å². The number of fused-ring (bicyclic) bond motifs is 1. The number of hydrogen-bond acceptors (Lipinski definition) is 4. The van der Waals surface area contributed by atoms with Crippen LogP contribution >= 0.6 is 0 Å². The maximum atomic E-state index is 12.2. The van der Waals surface area contributed by atoms with Crippen molar-refractivity contribution < 1.29 is 17.9 Å². The van der Waals surface area contributed by atoms with Crippen molar-refractivity contribution in [3.05, 3.63) is 48.0 Å². The molecule has 0 spiro atoms. The Bertz CT molecular complexity index is 911. The summed E-state index contributed by atoms with van der Waals surface area (Å²) in [6.07, 6.45) is 2.79. The molecule has 26 heavy (non-hydrogen) atoms. The molecule has 2 amide bonds. The van der Waals surface area contributed by atoms with Crippen LogP contribution in [0.5, 0.6) is 5.75 Å². The third-order valence-corrected chi connectivity index (χ3v) is 5.35. The van der Waals surface area contributed by atoms with Gasteiger partial charge in [-0.3, -0.25) is 4.31 Å². The molecule has 2 aromatic carbocycles. The molecule has 0 aliphatic carbocycles. The molecule has 1 heterocycles. The van der Waals surface area contributed by atoms with E-state index in [1.807, 2.05) is 6.07 Å². The Morgan fingerprint density at radius 2 is 1.73 bits per heavy atom. The van der Waals surface area contributed by atoms with Gasteiger partial charge in [0.15, 0.2) is 0 Å². The zero-order valence-electron chi connectivity index (χ0n) is 14.7. The number of urea groups is 1. The van der Waals surface area contributed by atoms with Crippen LogP contribution in [0.1, 0.15) is 12.0 Å². The van der Waals surface area contributed by atoms with E-state index >= 15 is 0 Å². The summed E-state index contributed by atoms with van der Waals surface area (Å²) >= 11 is 0. The van der Waals surface area contributed by atoms with Gasteiger partial charge in [0.1, 0.15) is 5.75 Å². The Morgan fingerprint density at radius 1 is 1.08 bits per heavy atom. The van der Waals surface area contributed by atoms with Gasteiger partial charge in [0.05, 0.1) is 19.1 Å². The highest BCUT2D eigenvalue weighted by atomic mass is 32.2. The predicted octanol–water partition coefficient (Wildman–Crippen LogP) is 3.05. The lowest BCUT2D eigenvalue weighted by atomic mass is 10.0. The van der Waals surface area contributed by atoms with E-state index in [2.05, 4.69) is 10.6 Å². The van der Waals surface area contributed by atoms with Gasteiger partial charge in [-0.1, -0.05) is 6.07 Å². The first kappa shape index (κ1) is 18.1. The Kier molecular flexibility index (Phi) is 5.03. The van der Waals surface area contributed by atoms with Crippen LogP contribution in [0.2, 0.25) is 0 Å². The lowest BCUT2D eigenvalue weighted by Crippen LogP contribution is -2.34. The monoisotopic (exact) mass is 375 g/mol. The lowest BCUT2D eigenvalue weighted by molar-refractivity contribution is 0.262. The van der Waals surface area contributed by atoms with Crippen LogP contribution in [0.25, 0.3) is 0 Å². The summed E-state index contributed by atoms with van der Waals surface area (Å²) in [5.41, 5.74) is 2.74. The van der Waals surface area contributed by atoms with Gasteiger partial charge in [-0.2, -0.15) is 0 Å². The molecular formula is C18H21N3O4S. The minimum atomic E-state index is -3.35. The molecule has 0 aromatic heterocycles. The number of anilines is 3. The van der Waals surface area contributed by atoms with Crippen molar-refractivity contribution in [3.63, 3.8) is 0 Å². The van der Waals surface area contributed by atoms with Crippen LogP contribution < -0.4 is 19.7 Å². The van der Waals surface area contributed by atoms with Crippen molar-refractivity contribution in [2.24, 2.45) is 0 Å². The summed E-state index contributed by atoms with van der Waals surface area (Å²) in [5.74, 6) is 0.700. The zero-order valence-corrected chi connectivity index (χ0v) is 15.5. The number of sulfonamides is 1. The van der Waals surface area contributed by atoms with Crippen LogP contribution in [0.15, 0.2) is 42.5 Å². The Balaban J connectivity index is 1.74. The molecule has 0 atom stereocenters. The number of carbonyl (C=O) groups excluding carboxylic acids is 1. The summed E-state index contributed by atoms with van der Waals surface area (Å²) in [6.45, 7) is 0.452. The molecular weight excluding hydrogens is 354 g/mol. The minimum absolute atomic E-state index is 0.406. The van der Waals surface area contributed by atoms with E-state index in [-0.39, 0.29) is 0 Å².